The number of ether oxygens (including phenoxy) is 1. The van der Waals surface area contributed by atoms with E-state index in [0.29, 0.717) is 5.41 Å². The lowest BCUT2D eigenvalue weighted by molar-refractivity contribution is 0.0168. The van der Waals surface area contributed by atoms with E-state index in [4.69, 9.17) is 4.74 Å². The van der Waals surface area contributed by atoms with E-state index in [0.717, 1.165) is 18.6 Å². The van der Waals surface area contributed by atoms with Gasteiger partial charge in [-0.1, -0.05) is 31.4 Å². The number of hydrogen-bond donors (Lipinski definition) is 0. The van der Waals surface area contributed by atoms with Gasteiger partial charge in [0.1, 0.15) is 5.75 Å². The van der Waals surface area contributed by atoms with E-state index in [9.17, 15) is 5.26 Å². The van der Waals surface area contributed by atoms with Gasteiger partial charge in [0, 0.05) is 0 Å². The van der Waals surface area contributed by atoms with Crippen molar-refractivity contribution in [2.45, 2.75) is 50.4 Å². The van der Waals surface area contributed by atoms with Crippen molar-refractivity contribution < 1.29 is 4.74 Å². The molecule has 1 spiro atoms. The normalized spacial score (nSPS) is 23.4. The van der Waals surface area contributed by atoms with Gasteiger partial charge >= 0.3 is 0 Å². The summed E-state index contributed by atoms with van der Waals surface area (Å²) in [5.41, 5.74) is 1.42. The molecule has 0 saturated heterocycles. The molecular weight excluding hydrogens is 234 g/mol. The van der Waals surface area contributed by atoms with Crippen LogP contribution < -0.4 is 4.74 Å². The van der Waals surface area contributed by atoms with E-state index < -0.39 is 0 Å². The molecule has 0 aromatic heterocycles. The third-order valence-corrected chi connectivity index (χ3v) is 5.12. The van der Waals surface area contributed by atoms with E-state index >= 15 is 0 Å². The van der Waals surface area contributed by atoms with E-state index in [2.05, 4.69) is 18.2 Å². The van der Waals surface area contributed by atoms with Gasteiger partial charge in [-0.25, -0.2) is 0 Å². The van der Waals surface area contributed by atoms with Crippen molar-refractivity contribution in [1.82, 2.24) is 0 Å². The maximum absolute atomic E-state index is 9.65. The number of hydrogen-bond acceptors (Lipinski definition) is 2. The molecule has 2 fully saturated rings. The van der Waals surface area contributed by atoms with Crippen LogP contribution in [0.15, 0.2) is 24.3 Å². The third kappa shape index (κ3) is 2.02. The average Bonchev–Trinajstić information content (AvgIpc) is 2.45. The Morgan fingerprint density at radius 1 is 1.05 bits per heavy atom. The molecule has 0 atom stereocenters. The number of benzene rings is 1. The molecule has 2 aliphatic carbocycles. The zero-order chi connectivity index (χ0) is 13.3. The monoisotopic (exact) mass is 255 g/mol. The molecule has 3 rings (SSSR count). The summed E-state index contributed by atoms with van der Waals surface area (Å²) in [7, 11) is 1.68. The first-order valence-electron chi connectivity index (χ1n) is 7.28. The summed E-state index contributed by atoms with van der Waals surface area (Å²) in [5.74, 6) is 0.864. The van der Waals surface area contributed by atoms with Crippen LogP contribution in [0.3, 0.4) is 0 Å². The molecule has 0 bridgehead atoms. The lowest BCUT2D eigenvalue weighted by Crippen LogP contribution is -2.49. The van der Waals surface area contributed by atoms with Crippen LogP contribution in [0.2, 0.25) is 0 Å². The second-order valence-corrected chi connectivity index (χ2v) is 6.34. The molecule has 19 heavy (non-hydrogen) atoms. The van der Waals surface area contributed by atoms with E-state index in [1.165, 1.54) is 37.7 Å². The highest BCUT2D eigenvalue weighted by atomic mass is 16.5. The molecule has 0 radical (unpaired) electrons. The minimum Gasteiger partial charge on any atom is -0.497 e. The number of methoxy groups -OCH3 is 1. The second-order valence-electron chi connectivity index (χ2n) is 6.34. The van der Waals surface area contributed by atoms with Gasteiger partial charge in [0.05, 0.1) is 18.6 Å². The van der Waals surface area contributed by atoms with Crippen molar-refractivity contribution in [2.75, 3.05) is 7.11 Å². The molecule has 100 valence electrons. The number of nitriles is 1. The molecule has 2 nitrogen and oxygen atoms in total. The summed E-state index contributed by atoms with van der Waals surface area (Å²) in [6, 6.07) is 10.7. The predicted molar refractivity (Wildman–Crippen MR) is 75.0 cm³/mol. The van der Waals surface area contributed by atoms with Gasteiger partial charge < -0.3 is 4.74 Å². The minimum absolute atomic E-state index is 0.233. The Morgan fingerprint density at radius 2 is 1.68 bits per heavy atom. The lowest BCUT2D eigenvalue weighted by Gasteiger charge is -2.55. The zero-order valence-corrected chi connectivity index (χ0v) is 11.6. The largest absolute Gasteiger partial charge is 0.497 e. The Hall–Kier alpha value is -1.49. The molecule has 2 aliphatic rings. The van der Waals surface area contributed by atoms with Crippen molar-refractivity contribution in [2.24, 2.45) is 5.41 Å². The van der Waals surface area contributed by atoms with Crippen molar-refractivity contribution >= 4 is 0 Å². The molecule has 0 N–H and O–H groups in total. The first-order chi connectivity index (χ1) is 9.22. The molecule has 1 aromatic carbocycles. The predicted octanol–water partition coefficient (Wildman–Crippen LogP) is 4.20. The Balaban J connectivity index is 1.80. The summed E-state index contributed by atoms with van der Waals surface area (Å²) in [6.07, 6.45) is 8.85. The fraction of sp³-hybridized carbons (Fsp3) is 0.588. The summed E-state index contributed by atoms with van der Waals surface area (Å²) in [4.78, 5) is 0. The molecule has 0 aliphatic heterocycles. The quantitative estimate of drug-likeness (QED) is 0.793. The van der Waals surface area contributed by atoms with E-state index in [-0.39, 0.29) is 5.41 Å². The maximum Gasteiger partial charge on any atom is 0.118 e. The fourth-order valence-corrected chi connectivity index (χ4v) is 4.14. The standard InChI is InChI=1S/C17H21NO/c1-19-15-7-5-14(6-8-15)17(13-18)11-16(12-17)9-3-2-4-10-16/h5-8H,2-4,9-12H2,1H3. The SMILES string of the molecule is COc1ccc(C2(C#N)CC3(CCCCC3)C2)cc1. The Kier molecular flexibility index (Phi) is 3.01. The Morgan fingerprint density at radius 3 is 2.21 bits per heavy atom. The van der Waals surface area contributed by atoms with Gasteiger partial charge in [0.25, 0.3) is 0 Å². The van der Waals surface area contributed by atoms with Gasteiger partial charge in [-0.15, -0.1) is 0 Å². The van der Waals surface area contributed by atoms with Crippen LogP contribution in [-0.2, 0) is 5.41 Å². The van der Waals surface area contributed by atoms with Gasteiger partial charge in [0.2, 0.25) is 0 Å². The fourth-order valence-electron chi connectivity index (χ4n) is 4.14. The van der Waals surface area contributed by atoms with Gasteiger partial charge in [-0.2, -0.15) is 5.26 Å². The zero-order valence-electron chi connectivity index (χ0n) is 11.6. The van der Waals surface area contributed by atoms with Crippen LogP contribution in [0, 0.1) is 16.7 Å². The summed E-state index contributed by atoms with van der Waals surface area (Å²) in [5, 5.41) is 9.65. The van der Waals surface area contributed by atoms with Crippen LogP contribution in [0.4, 0.5) is 0 Å². The van der Waals surface area contributed by atoms with Crippen LogP contribution in [0.25, 0.3) is 0 Å². The smallest absolute Gasteiger partial charge is 0.118 e. The lowest BCUT2D eigenvalue weighted by atomic mass is 9.47. The van der Waals surface area contributed by atoms with Crippen LogP contribution >= 0.6 is 0 Å². The van der Waals surface area contributed by atoms with Gasteiger partial charge in [0.15, 0.2) is 0 Å². The highest BCUT2D eigenvalue weighted by molar-refractivity contribution is 5.40. The number of rotatable bonds is 2. The number of nitrogens with zero attached hydrogens (tertiary/aromatic N) is 1. The van der Waals surface area contributed by atoms with Crippen LogP contribution in [-0.4, -0.2) is 7.11 Å². The minimum atomic E-state index is -0.233. The molecule has 0 unspecified atom stereocenters. The van der Waals surface area contributed by atoms with Crippen LogP contribution in [0.5, 0.6) is 5.75 Å². The molecule has 0 amide bonds. The van der Waals surface area contributed by atoms with Gasteiger partial charge in [-0.05, 0) is 48.8 Å². The topological polar surface area (TPSA) is 33.0 Å². The summed E-state index contributed by atoms with van der Waals surface area (Å²) in [6.45, 7) is 0. The van der Waals surface area contributed by atoms with Gasteiger partial charge in [-0.3, -0.25) is 0 Å². The summed E-state index contributed by atoms with van der Waals surface area (Å²) < 4.78 is 5.19. The first-order valence-corrected chi connectivity index (χ1v) is 7.28. The molecule has 2 heteroatoms. The molecule has 2 saturated carbocycles. The van der Waals surface area contributed by atoms with E-state index in [1.807, 2.05) is 12.1 Å². The Bertz CT molecular complexity index is 483. The van der Waals surface area contributed by atoms with Crippen molar-refractivity contribution in [1.29, 1.82) is 5.26 Å². The third-order valence-electron chi connectivity index (χ3n) is 5.12. The second kappa shape index (κ2) is 4.56. The summed E-state index contributed by atoms with van der Waals surface area (Å²) >= 11 is 0. The average molecular weight is 255 g/mol. The van der Waals surface area contributed by atoms with Crippen molar-refractivity contribution in [3.8, 4) is 11.8 Å². The highest BCUT2D eigenvalue weighted by Gasteiger charge is 2.55. The molecule has 0 heterocycles. The van der Waals surface area contributed by atoms with E-state index in [1.54, 1.807) is 7.11 Å². The Labute approximate surface area is 115 Å². The van der Waals surface area contributed by atoms with Crippen LogP contribution in [0.1, 0.15) is 50.5 Å². The first kappa shape index (κ1) is 12.5. The highest BCUT2D eigenvalue weighted by Crippen LogP contribution is 2.61. The van der Waals surface area contributed by atoms with Crippen molar-refractivity contribution in [3.63, 3.8) is 0 Å². The van der Waals surface area contributed by atoms with Crippen molar-refractivity contribution in [3.05, 3.63) is 29.8 Å². The molecular formula is C17H21NO. The molecule has 1 aromatic rings. The maximum atomic E-state index is 9.65.